The molecule has 0 aliphatic carbocycles. The molecular weight excluding hydrogens is 326 g/mol. The highest BCUT2D eigenvalue weighted by Gasteiger charge is 2.21. The largest absolute Gasteiger partial charge is 0.507 e. The fourth-order valence-electron chi connectivity index (χ4n) is 3.43. The highest BCUT2D eigenvalue weighted by atomic mass is 16.5. The van der Waals surface area contributed by atoms with Gasteiger partial charge in [-0.3, -0.25) is 0 Å². The van der Waals surface area contributed by atoms with E-state index in [9.17, 15) is 9.90 Å². The predicted octanol–water partition coefficient (Wildman–Crippen LogP) is 4.73. The van der Waals surface area contributed by atoms with Gasteiger partial charge in [-0.05, 0) is 33.7 Å². The van der Waals surface area contributed by atoms with E-state index in [1.807, 2.05) is 54.6 Å². The molecule has 3 N–H and O–H groups in total. The number of hydrogen-bond acceptors (Lipinski definition) is 4. The maximum Gasteiger partial charge on any atom is 0.339 e. The van der Waals surface area contributed by atoms with E-state index < -0.39 is 5.97 Å². The van der Waals surface area contributed by atoms with Gasteiger partial charge < -0.3 is 15.6 Å². The first-order chi connectivity index (χ1) is 12.6. The lowest BCUT2D eigenvalue weighted by Gasteiger charge is -2.17. The summed E-state index contributed by atoms with van der Waals surface area (Å²) in [7, 11) is 1.33. The van der Waals surface area contributed by atoms with Gasteiger partial charge >= 0.3 is 5.97 Å². The standard InChI is InChI=1S/C22H17NO3/c1-26-22(25)17-12-14-7-3-5-9-16(14)20(21(17)23)19-15-8-4-2-6-13(15)10-11-18(19)24/h2-12,24H,23H2,1H3. The Balaban J connectivity index is 2.21. The van der Waals surface area contributed by atoms with E-state index in [1.54, 1.807) is 12.1 Å². The number of fused-ring (bicyclic) bond motifs is 2. The monoisotopic (exact) mass is 343 g/mol. The molecule has 0 atom stereocenters. The molecule has 0 aliphatic rings. The first kappa shape index (κ1) is 16.0. The number of phenols is 1. The Morgan fingerprint density at radius 1 is 0.885 bits per heavy atom. The van der Waals surface area contributed by atoms with Crippen LogP contribution >= 0.6 is 0 Å². The summed E-state index contributed by atoms with van der Waals surface area (Å²) in [5.74, 6) is -0.392. The van der Waals surface area contributed by atoms with Crippen LogP contribution in [0.1, 0.15) is 10.4 Å². The summed E-state index contributed by atoms with van der Waals surface area (Å²) in [6.45, 7) is 0. The van der Waals surface area contributed by atoms with Crippen LogP contribution in [0.25, 0.3) is 32.7 Å². The maximum atomic E-state index is 12.2. The number of rotatable bonds is 2. The molecule has 0 amide bonds. The van der Waals surface area contributed by atoms with Crippen LogP contribution in [-0.4, -0.2) is 18.2 Å². The van der Waals surface area contributed by atoms with E-state index in [0.29, 0.717) is 16.8 Å². The molecule has 0 fully saturated rings. The SMILES string of the molecule is COC(=O)c1cc2ccccc2c(-c2c(O)ccc3ccccc23)c1N. The van der Waals surface area contributed by atoms with Gasteiger partial charge in [-0.1, -0.05) is 54.6 Å². The lowest BCUT2D eigenvalue weighted by Crippen LogP contribution is -2.07. The van der Waals surface area contributed by atoms with E-state index in [1.165, 1.54) is 7.11 Å². The number of hydrogen-bond donors (Lipinski definition) is 2. The Morgan fingerprint density at radius 2 is 1.50 bits per heavy atom. The molecule has 4 aromatic carbocycles. The molecule has 0 aromatic heterocycles. The van der Waals surface area contributed by atoms with Crippen LogP contribution in [0.2, 0.25) is 0 Å². The second kappa shape index (κ2) is 6.08. The van der Waals surface area contributed by atoms with Crippen molar-refractivity contribution in [3.8, 4) is 16.9 Å². The molecule has 0 heterocycles. The van der Waals surface area contributed by atoms with E-state index in [4.69, 9.17) is 10.5 Å². The van der Waals surface area contributed by atoms with Crippen molar-refractivity contribution in [3.63, 3.8) is 0 Å². The molecule has 0 saturated heterocycles. The molecule has 128 valence electrons. The predicted molar refractivity (Wildman–Crippen MR) is 104 cm³/mol. The number of nitrogen functional groups attached to an aromatic ring is 1. The van der Waals surface area contributed by atoms with E-state index >= 15 is 0 Å². The van der Waals surface area contributed by atoms with Gasteiger partial charge in [0.2, 0.25) is 0 Å². The minimum atomic E-state index is -0.505. The third kappa shape index (κ3) is 2.35. The number of nitrogens with two attached hydrogens (primary N) is 1. The lowest BCUT2D eigenvalue weighted by molar-refractivity contribution is 0.0602. The fraction of sp³-hybridized carbons (Fsp3) is 0.0455. The number of benzene rings is 4. The highest BCUT2D eigenvalue weighted by Crippen LogP contribution is 2.44. The van der Waals surface area contributed by atoms with Crippen molar-refractivity contribution in [1.82, 2.24) is 0 Å². The van der Waals surface area contributed by atoms with Crippen molar-refractivity contribution in [3.05, 3.63) is 72.3 Å². The molecule has 4 rings (SSSR count). The molecule has 0 bridgehead atoms. The van der Waals surface area contributed by atoms with Crippen molar-refractivity contribution in [1.29, 1.82) is 0 Å². The second-order valence-corrected chi connectivity index (χ2v) is 6.11. The van der Waals surface area contributed by atoms with Gasteiger partial charge in [0, 0.05) is 11.1 Å². The average molecular weight is 343 g/mol. The Hall–Kier alpha value is -3.53. The molecule has 26 heavy (non-hydrogen) atoms. The van der Waals surface area contributed by atoms with Gasteiger partial charge in [-0.25, -0.2) is 4.79 Å². The number of anilines is 1. The van der Waals surface area contributed by atoms with Crippen LogP contribution < -0.4 is 5.73 Å². The molecule has 0 spiro atoms. The van der Waals surface area contributed by atoms with Crippen LogP contribution in [0.5, 0.6) is 5.75 Å². The Morgan fingerprint density at radius 3 is 2.19 bits per heavy atom. The van der Waals surface area contributed by atoms with Crippen LogP contribution in [0.15, 0.2) is 66.7 Å². The Kier molecular flexibility index (Phi) is 3.73. The average Bonchev–Trinajstić information content (AvgIpc) is 2.68. The number of phenolic OH excluding ortho intramolecular Hbond substituents is 1. The number of aromatic hydroxyl groups is 1. The maximum absolute atomic E-state index is 12.2. The topological polar surface area (TPSA) is 72.5 Å². The van der Waals surface area contributed by atoms with Crippen LogP contribution in [0.4, 0.5) is 5.69 Å². The molecule has 0 saturated carbocycles. The summed E-state index contributed by atoms with van der Waals surface area (Å²) >= 11 is 0. The molecule has 4 nitrogen and oxygen atoms in total. The Bertz CT molecular complexity index is 1160. The zero-order chi connectivity index (χ0) is 18.3. The van der Waals surface area contributed by atoms with E-state index in [0.717, 1.165) is 21.5 Å². The molecule has 4 aromatic rings. The molecule has 0 aliphatic heterocycles. The van der Waals surface area contributed by atoms with Crippen LogP contribution in [-0.2, 0) is 4.74 Å². The quantitative estimate of drug-likeness (QED) is 0.407. The summed E-state index contributed by atoms with van der Waals surface area (Å²) in [4.78, 5) is 12.2. The number of carbonyl (C=O) groups is 1. The van der Waals surface area contributed by atoms with Crippen molar-refractivity contribution >= 4 is 33.2 Å². The molecule has 4 heteroatoms. The lowest BCUT2D eigenvalue weighted by atomic mass is 9.90. The Labute approximate surface area is 150 Å². The minimum Gasteiger partial charge on any atom is -0.507 e. The molecule has 0 radical (unpaired) electrons. The third-order valence-electron chi connectivity index (χ3n) is 4.65. The first-order valence-corrected chi connectivity index (χ1v) is 8.22. The number of methoxy groups -OCH3 is 1. The summed E-state index contributed by atoms with van der Waals surface area (Å²) in [5, 5.41) is 14.2. The van der Waals surface area contributed by atoms with Crippen molar-refractivity contribution < 1.29 is 14.6 Å². The third-order valence-corrected chi connectivity index (χ3v) is 4.65. The van der Waals surface area contributed by atoms with Gasteiger partial charge in [-0.2, -0.15) is 0 Å². The molecular formula is C22H17NO3. The second-order valence-electron chi connectivity index (χ2n) is 6.11. The van der Waals surface area contributed by atoms with E-state index in [-0.39, 0.29) is 11.3 Å². The molecule has 0 unspecified atom stereocenters. The van der Waals surface area contributed by atoms with Gasteiger partial charge in [0.1, 0.15) is 5.75 Å². The van der Waals surface area contributed by atoms with Crippen LogP contribution in [0, 0.1) is 0 Å². The smallest absolute Gasteiger partial charge is 0.339 e. The number of carbonyl (C=O) groups excluding carboxylic acids is 1. The normalized spacial score (nSPS) is 11.0. The van der Waals surface area contributed by atoms with Crippen molar-refractivity contribution in [2.75, 3.05) is 12.8 Å². The highest BCUT2D eigenvalue weighted by molar-refractivity contribution is 6.15. The van der Waals surface area contributed by atoms with Crippen molar-refractivity contribution in [2.45, 2.75) is 0 Å². The summed E-state index contributed by atoms with van der Waals surface area (Å²) in [5.41, 5.74) is 8.24. The number of ether oxygens (including phenoxy) is 1. The van der Waals surface area contributed by atoms with Gasteiger partial charge in [0.05, 0.1) is 18.4 Å². The van der Waals surface area contributed by atoms with Crippen molar-refractivity contribution in [2.24, 2.45) is 0 Å². The fourth-order valence-corrected chi connectivity index (χ4v) is 3.43. The minimum absolute atomic E-state index is 0.113. The summed E-state index contributed by atoms with van der Waals surface area (Å²) < 4.78 is 4.89. The van der Waals surface area contributed by atoms with Crippen LogP contribution in [0.3, 0.4) is 0 Å². The zero-order valence-corrected chi connectivity index (χ0v) is 14.2. The summed E-state index contributed by atoms with van der Waals surface area (Å²) in [6.07, 6.45) is 0. The van der Waals surface area contributed by atoms with Gasteiger partial charge in [0.25, 0.3) is 0 Å². The number of esters is 1. The van der Waals surface area contributed by atoms with Gasteiger partial charge in [0.15, 0.2) is 0 Å². The van der Waals surface area contributed by atoms with E-state index in [2.05, 4.69) is 0 Å². The zero-order valence-electron chi connectivity index (χ0n) is 14.2. The van der Waals surface area contributed by atoms with Gasteiger partial charge in [-0.15, -0.1) is 0 Å². The first-order valence-electron chi connectivity index (χ1n) is 8.22. The summed E-state index contributed by atoms with van der Waals surface area (Å²) in [6, 6.07) is 20.6.